The maximum absolute atomic E-state index is 13.3. The number of carbonyl (C=O) groups is 1. The predicted molar refractivity (Wildman–Crippen MR) is 82.8 cm³/mol. The number of carbonyl (C=O) groups excluding carboxylic acids is 1. The van der Waals surface area contributed by atoms with Crippen LogP contribution in [0.25, 0.3) is 0 Å². The summed E-state index contributed by atoms with van der Waals surface area (Å²) in [6.45, 7) is 5.01. The Morgan fingerprint density at radius 3 is 2.42 bits per heavy atom. The Balaban J connectivity index is 0.00000338. The van der Waals surface area contributed by atoms with Crippen LogP contribution in [0.5, 0.6) is 0 Å². The van der Waals surface area contributed by atoms with Gasteiger partial charge in [-0.3, -0.25) is 0 Å². The van der Waals surface area contributed by atoms with E-state index in [0.29, 0.717) is 6.42 Å². The van der Waals surface area contributed by atoms with Gasteiger partial charge in [0.25, 0.3) is 0 Å². The van der Waals surface area contributed by atoms with Crippen molar-refractivity contribution < 1.29 is 68.6 Å². The van der Waals surface area contributed by atoms with Gasteiger partial charge in [0.15, 0.2) is 0 Å². The minimum atomic E-state index is -1.91. The van der Waals surface area contributed by atoms with E-state index in [1.165, 1.54) is 6.92 Å². The van der Waals surface area contributed by atoms with Crippen molar-refractivity contribution >= 4 is 5.97 Å². The summed E-state index contributed by atoms with van der Waals surface area (Å²) in [4.78, 5) is 10.5. The van der Waals surface area contributed by atoms with E-state index in [1.807, 2.05) is 6.92 Å². The first-order valence-electron chi connectivity index (χ1n) is 8.51. The maximum Gasteiger partial charge on any atom is 1.00 e. The number of rotatable bonds is 7. The Kier molecular flexibility index (Phi) is 9.16. The molecule has 0 aromatic heterocycles. The molecule has 0 amide bonds. The molecule has 0 spiro atoms. The van der Waals surface area contributed by atoms with Crippen molar-refractivity contribution in [3.63, 3.8) is 0 Å². The first-order valence-corrected chi connectivity index (χ1v) is 8.51. The molecule has 8 atom stereocenters. The minimum Gasteiger partial charge on any atom is -0.542 e. The summed E-state index contributed by atoms with van der Waals surface area (Å²) in [5.74, 6) is -3.67. The second-order valence-electron chi connectivity index (χ2n) is 7.17. The van der Waals surface area contributed by atoms with Crippen LogP contribution in [0.4, 0.5) is 4.39 Å². The van der Waals surface area contributed by atoms with E-state index >= 15 is 0 Å². The summed E-state index contributed by atoms with van der Waals surface area (Å²) >= 11 is 0. The summed E-state index contributed by atoms with van der Waals surface area (Å²) < 4.78 is 24.4. The molecule has 0 saturated carbocycles. The van der Waals surface area contributed by atoms with Crippen LogP contribution in [-0.2, 0) is 14.3 Å². The van der Waals surface area contributed by atoms with E-state index in [-0.39, 0.29) is 72.2 Å². The number of ether oxygens (including phenoxy) is 2. The fraction of sp³-hybridized carbons (Fsp3) is 0.824. The quantitative estimate of drug-likeness (QED) is 0.234. The normalized spacial score (nSPS) is 37.2. The third-order valence-electron chi connectivity index (χ3n) is 5.24. The van der Waals surface area contributed by atoms with Crippen LogP contribution in [0, 0.1) is 11.8 Å². The molecule has 144 valence electrons. The average Bonchev–Trinajstić information content (AvgIpc) is 3.31. The molecule has 0 aliphatic carbocycles. The van der Waals surface area contributed by atoms with E-state index < -0.39 is 36.2 Å². The molecular weight excluding hydrogens is 358 g/mol. The van der Waals surface area contributed by atoms with E-state index in [4.69, 9.17) is 9.47 Å². The molecule has 2 aliphatic heterocycles. The van der Waals surface area contributed by atoms with Crippen LogP contribution in [-0.4, -0.2) is 64.5 Å². The average molecular weight is 384 g/mol. The molecule has 7 nitrogen and oxygen atoms in total. The van der Waals surface area contributed by atoms with Gasteiger partial charge in [-0.1, -0.05) is 6.92 Å². The van der Waals surface area contributed by atoms with E-state index in [2.05, 4.69) is 0 Å². The Morgan fingerprint density at radius 1 is 1.27 bits per heavy atom. The minimum absolute atomic E-state index is 0. The van der Waals surface area contributed by atoms with E-state index in [0.717, 1.165) is 0 Å². The smallest absolute Gasteiger partial charge is 0.542 e. The molecule has 2 saturated heterocycles. The second kappa shape index (κ2) is 9.93. The standard InChI is InChI=1S/C17H27FO7.Na/c1-7(13(18)17(22)23)4-11-15(21)14(20)10(6-24-11)5-12-16(25-12)8(2)9(3)19;/h8-12,14-16,19-21H,4-6H2,1-3H3,(H,22,23);/q;+1/p-1/b13-7-;/t8-,9-,10-,11-,12-,14+,15-,16-;/m0./s1. The van der Waals surface area contributed by atoms with Gasteiger partial charge in [0.05, 0.1) is 43.1 Å². The molecule has 2 aliphatic rings. The molecule has 2 rings (SSSR count). The summed E-state index contributed by atoms with van der Waals surface area (Å²) in [5, 5.41) is 40.6. The third-order valence-corrected chi connectivity index (χ3v) is 5.24. The molecule has 0 aromatic carbocycles. The summed E-state index contributed by atoms with van der Waals surface area (Å²) in [6.07, 6.45) is -3.56. The van der Waals surface area contributed by atoms with Crippen molar-refractivity contribution in [3.05, 3.63) is 11.4 Å². The van der Waals surface area contributed by atoms with Crippen LogP contribution in [0.2, 0.25) is 0 Å². The number of hydrogen-bond acceptors (Lipinski definition) is 7. The van der Waals surface area contributed by atoms with E-state index in [9.17, 15) is 29.6 Å². The van der Waals surface area contributed by atoms with Crippen molar-refractivity contribution in [2.45, 2.75) is 70.2 Å². The van der Waals surface area contributed by atoms with Gasteiger partial charge in [0.1, 0.15) is 11.9 Å². The maximum atomic E-state index is 13.3. The van der Waals surface area contributed by atoms with Crippen LogP contribution in [0.1, 0.15) is 33.6 Å². The zero-order chi connectivity index (χ0) is 18.9. The molecule has 9 heteroatoms. The number of halogens is 1. The second-order valence-corrected chi connectivity index (χ2v) is 7.17. The SMILES string of the molecule is C/C(C[C@@H]1OC[C@H](C[C@@H]2O[C@H]2[C@@H](C)[C@H](C)O)[C@@H](O)[C@H]1O)=C(/F)C(=O)[O-].[Na+]. The van der Waals surface area contributed by atoms with Gasteiger partial charge in [-0.2, -0.15) is 0 Å². The molecule has 0 radical (unpaired) electrons. The number of carboxylic acid groups (broad SMARTS) is 1. The molecule has 0 unspecified atom stereocenters. The van der Waals surface area contributed by atoms with Gasteiger partial charge in [0, 0.05) is 18.3 Å². The van der Waals surface area contributed by atoms with Crippen molar-refractivity contribution in [2.75, 3.05) is 6.61 Å². The van der Waals surface area contributed by atoms with Crippen molar-refractivity contribution in [3.8, 4) is 0 Å². The zero-order valence-electron chi connectivity index (χ0n) is 15.6. The summed E-state index contributed by atoms with van der Waals surface area (Å²) in [6, 6.07) is 0. The monoisotopic (exact) mass is 384 g/mol. The Hall–Kier alpha value is -0.0600. The number of hydrogen-bond donors (Lipinski definition) is 3. The third kappa shape index (κ3) is 5.72. The number of aliphatic hydroxyl groups excluding tert-OH is 3. The summed E-state index contributed by atoms with van der Waals surface area (Å²) in [5.41, 5.74) is -0.106. The molecule has 3 N–H and O–H groups in total. The number of aliphatic carboxylic acids is 1. The van der Waals surface area contributed by atoms with Crippen molar-refractivity contribution in [1.82, 2.24) is 0 Å². The van der Waals surface area contributed by atoms with E-state index in [1.54, 1.807) is 6.92 Å². The van der Waals surface area contributed by atoms with Gasteiger partial charge >= 0.3 is 29.6 Å². The van der Waals surface area contributed by atoms with Gasteiger partial charge in [-0.05, 0) is 25.8 Å². The van der Waals surface area contributed by atoms with Gasteiger partial charge in [-0.25, -0.2) is 4.39 Å². The summed E-state index contributed by atoms with van der Waals surface area (Å²) in [7, 11) is 0. The van der Waals surface area contributed by atoms with Crippen LogP contribution >= 0.6 is 0 Å². The number of epoxide rings is 1. The first-order chi connectivity index (χ1) is 11.6. The molecular formula is C17H26FNaO7. The van der Waals surface area contributed by atoms with Crippen LogP contribution in [0.15, 0.2) is 11.4 Å². The molecule has 2 fully saturated rings. The zero-order valence-corrected chi connectivity index (χ0v) is 17.6. The molecule has 2 heterocycles. The Bertz CT molecular complexity index is 527. The topological polar surface area (TPSA) is 123 Å². The first kappa shape index (κ1) is 24.0. The molecule has 0 aromatic rings. The predicted octanol–water partition coefficient (Wildman–Crippen LogP) is -3.71. The number of aliphatic hydroxyl groups is 3. The van der Waals surface area contributed by atoms with Crippen molar-refractivity contribution in [2.24, 2.45) is 11.8 Å². The van der Waals surface area contributed by atoms with Gasteiger partial charge in [0.2, 0.25) is 0 Å². The van der Waals surface area contributed by atoms with Crippen LogP contribution in [0.3, 0.4) is 0 Å². The fourth-order valence-corrected chi connectivity index (χ4v) is 3.28. The largest absolute Gasteiger partial charge is 1.00 e. The fourth-order valence-electron chi connectivity index (χ4n) is 3.28. The van der Waals surface area contributed by atoms with Gasteiger partial charge in [-0.15, -0.1) is 0 Å². The van der Waals surface area contributed by atoms with Gasteiger partial charge < -0.3 is 34.7 Å². The molecule has 0 bridgehead atoms. The Labute approximate surface area is 174 Å². The Morgan fingerprint density at radius 2 is 1.88 bits per heavy atom. The van der Waals surface area contributed by atoms with Crippen molar-refractivity contribution in [1.29, 1.82) is 0 Å². The molecule has 26 heavy (non-hydrogen) atoms. The number of carboxylic acids is 1. The van der Waals surface area contributed by atoms with Crippen LogP contribution < -0.4 is 34.7 Å².